The van der Waals surface area contributed by atoms with Gasteiger partial charge in [-0.1, -0.05) is 13.8 Å². The van der Waals surface area contributed by atoms with Crippen LogP contribution in [0.15, 0.2) is 34.9 Å². The van der Waals surface area contributed by atoms with Crippen LogP contribution in [0.2, 0.25) is 0 Å². The average molecular weight is 341 g/mol. The molecule has 2 aliphatic heterocycles. The van der Waals surface area contributed by atoms with Crippen LogP contribution in [-0.4, -0.2) is 29.3 Å². The maximum absolute atomic E-state index is 12.2. The number of amides is 2. The standard InChI is InChI=1S/C19H23N3O3/c1-11(2)17-10-20-18(25-17)12-3-5-13(6-4-12)21-19(23)22-15-9-14-7-8-16(15)24-14/h3-6,10-11,14-16H,7-9H2,1-2H3,(H2,21,22,23). The molecule has 1 aromatic carbocycles. The van der Waals surface area contributed by atoms with Crippen molar-refractivity contribution in [3.63, 3.8) is 0 Å². The number of carbonyl (C=O) groups excluding carboxylic acids is 1. The Hall–Kier alpha value is -2.34. The molecule has 4 rings (SSSR count). The molecule has 3 heterocycles. The molecule has 3 unspecified atom stereocenters. The Kier molecular flexibility index (Phi) is 4.21. The van der Waals surface area contributed by atoms with Crippen LogP contribution in [-0.2, 0) is 4.74 Å². The van der Waals surface area contributed by atoms with Gasteiger partial charge < -0.3 is 19.8 Å². The Labute approximate surface area is 147 Å². The number of aromatic nitrogens is 1. The van der Waals surface area contributed by atoms with Crippen molar-refractivity contribution in [2.24, 2.45) is 0 Å². The fourth-order valence-electron chi connectivity index (χ4n) is 3.51. The summed E-state index contributed by atoms with van der Waals surface area (Å²) in [4.78, 5) is 16.5. The quantitative estimate of drug-likeness (QED) is 0.884. The lowest BCUT2D eigenvalue weighted by Crippen LogP contribution is -2.43. The lowest BCUT2D eigenvalue weighted by molar-refractivity contribution is 0.0984. The van der Waals surface area contributed by atoms with E-state index in [0.717, 1.165) is 36.3 Å². The summed E-state index contributed by atoms with van der Waals surface area (Å²) in [7, 11) is 0. The zero-order chi connectivity index (χ0) is 17.4. The molecular weight excluding hydrogens is 318 g/mol. The Morgan fingerprint density at radius 3 is 2.64 bits per heavy atom. The SMILES string of the molecule is CC(C)c1cnc(-c2ccc(NC(=O)NC3CC4CCC3O4)cc2)o1. The first-order chi connectivity index (χ1) is 12.1. The van der Waals surface area contributed by atoms with E-state index >= 15 is 0 Å². The second kappa shape index (κ2) is 6.52. The smallest absolute Gasteiger partial charge is 0.319 e. The molecule has 2 aliphatic rings. The summed E-state index contributed by atoms with van der Waals surface area (Å²) in [5.74, 6) is 1.77. The first-order valence-electron chi connectivity index (χ1n) is 8.87. The summed E-state index contributed by atoms with van der Waals surface area (Å²) < 4.78 is 11.5. The topological polar surface area (TPSA) is 76.4 Å². The van der Waals surface area contributed by atoms with Crippen LogP contribution >= 0.6 is 0 Å². The predicted molar refractivity (Wildman–Crippen MR) is 94.5 cm³/mol. The minimum Gasteiger partial charge on any atom is -0.441 e. The third-order valence-corrected chi connectivity index (χ3v) is 4.90. The number of fused-ring (bicyclic) bond motifs is 2. The Balaban J connectivity index is 1.36. The van der Waals surface area contributed by atoms with Crippen LogP contribution < -0.4 is 10.6 Å². The number of oxazole rings is 1. The third-order valence-electron chi connectivity index (χ3n) is 4.90. The number of hydrogen-bond donors (Lipinski definition) is 2. The number of rotatable bonds is 4. The zero-order valence-corrected chi connectivity index (χ0v) is 14.5. The van der Waals surface area contributed by atoms with Crippen molar-refractivity contribution in [2.45, 2.75) is 57.3 Å². The van der Waals surface area contributed by atoms with Crippen LogP contribution in [0.25, 0.3) is 11.5 Å². The molecular formula is C19H23N3O3. The summed E-state index contributed by atoms with van der Waals surface area (Å²) in [5, 5.41) is 5.89. The van der Waals surface area contributed by atoms with E-state index < -0.39 is 0 Å². The molecule has 132 valence electrons. The molecule has 6 heteroatoms. The van der Waals surface area contributed by atoms with Gasteiger partial charge >= 0.3 is 6.03 Å². The maximum atomic E-state index is 12.2. The van der Waals surface area contributed by atoms with Crippen molar-refractivity contribution in [1.82, 2.24) is 10.3 Å². The van der Waals surface area contributed by atoms with Crippen molar-refractivity contribution >= 4 is 11.7 Å². The van der Waals surface area contributed by atoms with E-state index in [0.29, 0.717) is 17.9 Å². The molecule has 2 N–H and O–H groups in total. The van der Waals surface area contributed by atoms with Gasteiger partial charge in [-0.05, 0) is 43.5 Å². The fraction of sp³-hybridized carbons (Fsp3) is 0.474. The molecule has 2 bridgehead atoms. The van der Waals surface area contributed by atoms with Crippen molar-refractivity contribution in [2.75, 3.05) is 5.32 Å². The highest BCUT2D eigenvalue weighted by atomic mass is 16.5. The summed E-state index contributed by atoms with van der Waals surface area (Å²) in [5.41, 5.74) is 1.63. The van der Waals surface area contributed by atoms with Gasteiger partial charge in [-0.2, -0.15) is 0 Å². The number of carbonyl (C=O) groups is 1. The molecule has 2 amide bonds. The average Bonchev–Trinajstić information content (AvgIpc) is 3.32. The Morgan fingerprint density at radius 2 is 2.04 bits per heavy atom. The monoisotopic (exact) mass is 341 g/mol. The van der Waals surface area contributed by atoms with E-state index in [9.17, 15) is 4.79 Å². The summed E-state index contributed by atoms with van der Waals surface area (Å²) >= 11 is 0. The molecule has 25 heavy (non-hydrogen) atoms. The molecule has 3 atom stereocenters. The van der Waals surface area contributed by atoms with E-state index in [2.05, 4.69) is 29.5 Å². The number of hydrogen-bond acceptors (Lipinski definition) is 4. The van der Waals surface area contributed by atoms with E-state index in [1.807, 2.05) is 24.3 Å². The van der Waals surface area contributed by atoms with Crippen LogP contribution in [0.5, 0.6) is 0 Å². The van der Waals surface area contributed by atoms with Gasteiger partial charge in [0.2, 0.25) is 5.89 Å². The number of urea groups is 1. The molecule has 0 aliphatic carbocycles. The number of anilines is 1. The molecule has 0 saturated carbocycles. The van der Waals surface area contributed by atoms with Gasteiger partial charge in [0.1, 0.15) is 5.76 Å². The van der Waals surface area contributed by atoms with Crippen molar-refractivity contribution in [3.8, 4) is 11.5 Å². The van der Waals surface area contributed by atoms with Crippen LogP contribution in [0.4, 0.5) is 10.5 Å². The molecule has 0 radical (unpaired) electrons. The summed E-state index contributed by atoms with van der Waals surface area (Å²) in [6.07, 6.45) is 5.34. The van der Waals surface area contributed by atoms with Gasteiger partial charge in [-0.15, -0.1) is 0 Å². The minimum atomic E-state index is -0.188. The first kappa shape index (κ1) is 16.1. The predicted octanol–water partition coefficient (Wildman–Crippen LogP) is 3.91. The molecule has 1 aromatic heterocycles. The minimum absolute atomic E-state index is 0.125. The number of nitrogens with zero attached hydrogens (tertiary/aromatic N) is 1. The molecule has 0 spiro atoms. The largest absolute Gasteiger partial charge is 0.441 e. The van der Waals surface area contributed by atoms with Crippen LogP contribution in [0, 0.1) is 0 Å². The fourth-order valence-corrected chi connectivity index (χ4v) is 3.51. The van der Waals surface area contributed by atoms with Crippen molar-refractivity contribution < 1.29 is 13.9 Å². The van der Waals surface area contributed by atoms with Crippen molar-refractivity contribution in [1.29, 1.82) is 0 Å². The molecule has 2 saturated heterocycles. The van der Waals surface area contributed by atoms with Gasteiger partial charge in [0.15, 0.2) is 0 Å². The first-order valence-corrected chi connectivity index (χ1v) is 8.87. The third kappa shape index (κ3) is 3.39. The van der Waals surface area contributed by atoms with Gasteiger partial charge in [-0.25, -0.2) is 9.78 Å². The van der Waals surface area contributed by atoms with Crippen LogP contribution in [0.1, 0.15) is 44.8 Å². The van der Waals surface area contributed by atoms with E-state index in [4.69, 9.17) is 9.15 Å². The summed E-state index contributed by atoms with van der Waals surface area (Å²) in [6, 6.07) is 7.43. The lowest BCUT2D eigenvalue weighted by Gasteiger charge is -2.20. The van der Waals surface area contributed by atoms with E-state index in [-0.39, 0.29) is 18.2 Å². The highest BCUT2D eigenvalue weighted by molar-refractivity contribution is 5.89. The summed E-state index contributed by atoms with van der Waals surface area (Å²) in [6.45, 7) is 4.13. The van der Waals surface area contributed by atoms with Gasteiger partial charge in [-0.3, -0.25) is 0 Å². The maximum Gasteiger partial charge on any atom is 0.319 e. The number of nitrogens with one attached hydrogen (secondary N) is 2. The van der Waals surface area contributed by atoms with Crippen LogP contribution in [0.3, 0.4) is 0 Å². The van der Waals surface area contributed by atoms with Gasteiger partial charge in [0.25, 0.3) is 0 Å². The van der Waals surface area contributed by atoms with Crippen molar-refractivity contribution in [3.05, 3.63) is 36.2 Å². The molecule has 6 nitrogen and oxygen atoms in total. The zero-order valence-electron chi connectivity index (χ0n) is 14.5. The highest BCUT2D eigenvalue weighted by Gasteiger charge is 2.41. The highest BCUT2D eigenvalue weighted by Crippen LogP contribution is 2.34. The Bertz CT molecular complexity index is 754. The second-order valence-corrected chi connectivity index (χ2v) is 7.11. The van der Waals surface area contributed by atoms with E-state index in [1.54, 1.807) is 6.20 Å². The number of benzene rings is 1. The van der Waals surface area contributed by atoms with Gasteiger partial charge in [0.05, 0.1) is 24.4 Å². The normalized spacial score (nSPS) is 24.7. The molecule has 2 fully saturated rings. The van der Waals surface area contributed by atoms with Gasteiger partial charge in [0, 0.05) is 17.2 Å². The lowest BCUT2D eigenvalue weighted by atomic mass is 9.96. The Morgan fingerprint density at radius 1 is 1.24 bits per heavy atom. The second-order valence-electron chi connectivity index (χ2n) is 7.11. The molecule has 2 aromatic rings. The number of ether oxygens (including phenoxy) is 1. The van der Waals surface area contributed by atoms with E-state index in [1.165, 1.54) is 0 Å².